The van der Waals surface area contributed by atoms with Gasteiger partial charge in [0.2, 0.25) is 0 Å². The Morgan fingerprint density at radius 3 is 2.69 bits per heavy atom. The molecule has 0 saturated carbocycles. The molecule has 0 amide bonds. The number of methoxy groups -OCH3 is 2. The summed E-state index contributed by atoms with van der Waals surface area (Å²) in [5.74, 6) is 0.321. The van der Waals surface area contributed by atoms with Crippen LogP contribution in [0.5, 0.6) is 5.75 Å². The minimum absolute atomic E-state index is 0.299. The zero-order valence-electron chi connectivity index (χ0n) is 9.00. The zero-order valence-corrected chi connectivity index (χ0v) is 11.3. The molecule has 16 heavy (non-hydrogen) atoms. The van der Waals surface area contributed by atoms with Gasteiger partial charge in [-0.05, 0) is 24.1 Å². The van der Waals surface area contributed by atoms with Gasteiger partial charge in [0, 0.05) is 0 Å². The maximum atomic E-state index is 11.2. The summed E-state index contributed by atoms with van der Waals surface area (Å²) < 4.78 is 9.65. The first-order valence-corrected chi connectivity index (χ1v) is 5.92. The van der Waals surface area contributed by atoms with Gasteiger partial charge < -0.3 is 9.47 Å². The highest BCUT2D eigenvalue weighted by Gasteiger charge is 2.16. The first-order chi connectivity index (χ1) is 7.58. The molecule has 1 unspecified atom stereocenters. The smallest absolute Gasteiger partial charge is 0.319 e. The number of rotatable bonds is 4. The average Bonchev–Trinajstić information content (AvgIpc) is 2.28. The maximum absolute atomic E-state index is 11.2. The minimum Gasteiger partial charge on any atom is -0.495 e. The third kappa shape index (κ3) is 3.39. The van der Waals surface area contributed by atoms with E-state index in [1.54, 1.807) is 19.2 Å². The average molecular weight is 308 g/mol. The lowest BCUT2D eigenvalue weighted by atomic mass is 10.1. The van der Waals surface area contributed by atoms with E-state index in [9.17, 15) is 4.79 Å². The van der Waals surface area contributed by atoms with Gasteiger partial charge in [-0.15, -0.1) is 0 Å². The second kappa shape index (κ2) is 6.11. The van der Waals surface area contributed by atoms with Gasteiger partial charge in [0.05, 0.1) is 19.2 Å². The van der Waals surface area contributed by atoms with Gasteiger partial charge in [0.15, 0.2) is 0 Å². The molecular weight excluding hydrogens is 295 g/mol. The second-order valence-corrected chi connectivity index (χ2v) is 4.68. The van der Waals surface area contributed by atoms with Crippen molar-refractivity contribution in [2.24, 2.45) is 0 Å². The van der Waals surface area contributed by atoms with Crippen LogP contribution < -0.4 is 4.74 Å². The topological polar surface area (TPSA) is 35.5 Å². The fourth-order valence-corrected chi connectivity index (χ4v) is 2.10. The fourth-order valence-electron chi connectivity index (χ4n) is 1.26. The Hall–Kier alpha value is -0.740. The molecule has 0 aromatic heterocycles. The van der Waals surface area contributed by atoms with Crippen molar-refractivity contribution in [1.29, 1.82) is 0 Å². The lowest BCUT2D eigenvalue weighted by molar-refractivity contribution is -0.139. The summed E-state index contributed by atoms with van der Waals surface area (Å²) >= 11 is 9.22. The molecule has 1 aromatic carbocycles. The summed E-state index contributed by atoms with van der Waals surface area (Å²) in [5, 5.41) is 0.532. The number of esters is 1. The van der Waals surface area contributed by atoms with E-state index < -0.39 is 0 Å². The highest BCUT2D eigenvalue weighted by Crippen LogP contribution is 2.26. The van der Waals surface area contributed by atoms with Gasteiger partial charge in [-0.1, -0.05) is 33.6 Å². The zero-order chi connectivity index (χ0) is 12.1. The number of hydrogen-bond donors (Lipinski definition) is 0. The summed E-state index contributed by atoms with van der Waals surface area (Å²) in [5.41, 5.74) is 0.943. The molecule has 5 heteroatoms. The molecule has 1 rings (SSSR count). The van der Waals surface area contributed by atoms with Crippen LogP contribution in [-0.4, -0.2) is 25.0 Å². The summed E-state index contributed by atoms with van der Waals surface area (Å²) in [6, 6.07) is 5.41. The Balaban J connectivity index is 2.75. The normalized spacial score (nSPS) is 12.0. The van der Waals surface area contributed by atoms with Gasteiger partial charge in [0.1, 0.15) is 10.6 Å². The monoisotopic (exact) mass is 306 g/mol. The number of halogens is 2. The molecule has 3 nitrogen and oxygen atoms in total. The summed E-state index contributed by atoms with van der Waals surface area (Å²) in [6.07, 6.45) is 0.524. The SMILES string of the molecule is COC(=O)C(Br)Cc1ccc(OC)c(Cl)c1. The molecule has 1 aromatic rings. The van der Waals surface area contributed by atoms with Gasteiger partial charge in [0.25, 0.3) is 0 Å². The number of ether oxygens (including phenoxy) is 2. The van der Waals surface area contributed by atoms with Crippen molar-refractivity contribution in [2.75, 3.05) is 14.2 Å². The van der Waals surface area contributed by atoms with E-state index in [-0.39, 0.29) is 10.8 Å². The number of alkyl halides is 1. The van der Waals surface area contributed by atoms with Crippen molar-refractivity contribution in [2.45, 2.75) is 11.2 Å². The third-order valence-electron chi connectivity index (χ3n) is 2.09. The summed E-state index contributed by atoms with van der Waals surface area (Å²) in [7, 11) is 2.92. The number of benzene rings is 1. The van der Waals surface area contributed by atoms with E-state index in [2.05, 4.69) is 20.7 Å². The van der Waals surface area contributed by atoms with Crippen molar-refractivity contribution in [1.82, 2.24) is 0 Å². The van der Waals surface area contributed by atoms with Crippen LogP contribution in [0.1, 0.15) is 5.56 Å². The van der Waals surface area contributed by atoms with E-state index in [0.29, 0.717) is 17.2 Å². The van der Waals surface area contributed by atoms with Gasteiger partial charge in [-0.3, -0.25) is 4.79 Å². The summed E-state index contributed by atoms with van der Waals surface area (Å²) in [4.78, 5) is 10.8. The molecule has 0 spiro atoms. The van der Waals surface area contributed by atoms with Crippen molar-refractivity contribution in [3.8, 4) is 5.75 Å². The van der Waals surface area contributed by atoms with E-state index in [4.69, 9.17) is 16.3 Å². The quantitative estimate of drug-likeness (QED) is 0.634. The predicted molar refractivity (Wildman–Crippen MR) is 66.4 cm³/mol. The molecule has 0 radical (unpaired) electrons. The van der Waals surface area contributed by atoms with E-state index in [1.807, 2.05) is 6.07 Å². The van der Waals surface area contributed by atoms with Crippen LogP contribution >= 0.6 is 27.5 Å². The van der Waals surface area contributed by atoms with Gasteiger partial charge in [-0.2, -0.15) is 0 Å². The highest BCUT2D eigenvalue weighted by molar-refractivity contribution is 9.10. The molecule has 0 N–H and O–H groups in total. The Labute approximate surface area is 108 Å². The molecule has 0 aliphatic carbocycles. The van der Waals surface area contributed by atoms with Crippen LogP contribution in [0.2, 0.25) is 5.02 Å². The Morgan fingerprint density at radius 2 is 2.19 bits per heavy atom. The van der Waals surface area contributed by atoms with Gasteiger partial charge >= 0.3 is 5.97 Å². The molecule has 0 saturated heterocycles. The van der Waals surface area contributed by atoms with Crippen LogP contribution in [0.3, 0.4) is 0 Å². The Morgan fingerprint density at radius 1 is 1.50 bits per heavy atom. The lowest BCUT2D eigenvalue weighted by Crippen LogP contribution is -2.18. The predicted octanol–water partition coefficient (Wildman–Crippen LogP) is 2.83. The van der Waals surface area contributed by atoms with E-state index in [1.165, 1.54) is 7.11 Å². The molecule has 0 bridgehead atoms. The molecule has 0 heterocycles. The van der Waals surface area contributed by atoms with Crippen LogP contribution in [-0.2, 0) is 16.0 Å². The lowest BCUT2D eigenvalue weighted by Gasteiger charge is -2.09. The number of carbonyl (C=O) groups excluding carboxylic acids is 1. The summed E-state index contributed by atoms with van der Waals surface area (Å²) in [6.45, 7) is 0. The van der Waals surface area contributed by atoms with E-state index >= 15 is 0 Å². The molecular formula is C11H12BrClO3. The Bertz CT molecular complexity index is 381. The molecule has 0 aliphatic rings. The van der Waals surface area contributed by atoms with Crippen LogP contribution in [0, 0.1) is 0 Å². The molecule has 88 valence electrons. The van der Waals surface area contributed by atoms with Crippen molar-refractivity contribution in [3.05, 3.63) is 28.8 Å². The molecule has 0 aliphatic heterocycles. The Kier molecular flexibility index (Phi) is 5.09. The number of hydrogen-bond acceptors (Lipinski definition) is 3. The number of carbonyl (C=O) groups is 1. The van der Waals surface area contributed by atoms with Crippen LogP contribution in [0.4, 0.5) is 0 Å². The van der Waals surface area contributed by atoms with Gasteiger partial charge in [-0.25, -0.2) is 0 Å². The maximum Gasteiger partial charge on any atom is 0.319 e. The van der Waals surface area contributed by atoms with Crippen molar-refractivity contribution in [3.63, 3.8) is 0 Å². The third-order valence-corrected chi connectivity index (χ3v) is 3.08. The fraction of sp³-hybridized carbons (Fsp3) is 0.364. The highest BCUT2D eigenvalue weighted by atomic mass is 79.9. The standard InChI is InChI=1S/C11H12BrClO3/c1-15-10-4-3-7(6-9(10)13)5-8(12)11(14)16-2/h3-4,6,8H,5H2,1-2H3. The molecule has 0 fully saturated rings. The largest absolute Gasteiger partial charge is 0.495 e. The van der Waals surface area contributed by atoms with Crippen molar-refractivity contribution < 1.29 is 14.3 Å². The second-order valence-electron chi connectivity index (χ2n) is 3.16. The minimum atomic E-state index is -0.359. The van der Waals surface area contributed by atoms with Crippen LogP contribution in [0.15, 0.2) is 18.2 Å². The first-order valence-electron chi connectivity index (χ1n) is 4.62. The molecule has 1 atom stereocenters. The van der Waals surface area contributed by atoms with E-state index in [0.717, 1.165) is 5.56 Å². The first kappa shape index (κ1) is 13.3. The van der Waals surface area contributed by atoms with Crippen molar-refractivity contribution >= 4 is 33.5 Å². The van der Waals surface area contributed by atoms with Crippen LogP contribution in [0.25, 0.3) is 0 Å².